The van der Waals surface area contributed by atoms with Crippen LogP contribution >= 0.6 is 23.2 Å². The minimum Gasteiger partial charge on any atom is -0.284 e. The summed E-state index contributed by atoms with van der Waals surface area (Å²) in [5, 5.41) is 0.365. The summed E-state index contributed by atoms with van der Waals surface area (Å²) >= 11 is 12.6. The highest BCUT2D eigenvalue weighted by molar-refractivity contribution is 7.84. The van der Waals surface area contributed by atoms with Crippen LogP contribution in [0.15, 0.2) is 75.2 Å². The van der Waals surface area contributed by atoms with Crippen LogP contribution in [0.3, 0.4) is 0 Å². The van der Waals surface area contributed by atoms with Crippen LogP contribution in [-0.4, -0.2) is 25.7 Å². The van der Waals surface area contributed by atoms with Gasteiger partial charge in [0.1, 0.15) is 21.7 Å². The van der Waals surface area contributed by atoms with Crippen LogP contribution in [0.4, 0.5) is 8.78 Å². The molecule has 0 saturated heterocycles. The number of hydrogen-bond acceptors (Lipinski definition) is 4. The van der Waals surface area contributed by atoms with E-state index in [1.807, 2.05) is 19.1 Å². The summed E-state index contributed by atoms with van der Waals surface area (Å²) in [6, 6.07) is 11.3. The lowest BCUT2D eigenvalue weighted by molar-refractivity contribution is 0.591. The van der Waals surface area contributed by atoms with Crippen LogP contribution in [0.2, 0.25) is 10.2 Å². The second-order valence-electron chi connectivity index (χ2n) is 9.04. The van der Waals surface area contributed by atoms with Gasteiger partial charge < -0.3 is 0 Å². The van der Waals surface area contributed by atoms with E-state index in [-0.39, 0.29) is 38.9 Å². The lowest BCUT2D eigenvalue weighted by Gasteiger charge is -2.12. The third-order valence-corrected chi connectivity index (χ3v) is 8.10. The summed E-state index contributed by atoms with van der Waals surface area (Å²) in [5.74, 6) is -1.62. The van der Waals surface area contributed by atoms with Gasteiger partial charge in [-0.3, -0.25) is 18.6 Å². The van der Waals surface area contributed by atoms with Crippen molar-refractivity contribution in [1.82, 2.24) is 9.55 Å². The van der Waals surface area contributed by atoms with Crippen molar-refractivity contribution in [2.75, 3.05) is 6.26 Å². The van der Waals surface area contributed by atoms with Crippen molar-refractivity contribution in [3.05, 3.63) is 109 Å². The molecule has 4 rings (SSSR count). The van der Waals surface area contributed by atoms with Gasteiger partial charge in [0.05, 0.1) is 21.9 Å². The minimum absolute atomic E-state index is 0.0254. The van der Waals surface area contributed by atoms with Crippen LogP contribution < -0.4 is 5.56 Å². The van der Waals surface area contributed by atoms with Crippen molar-refractivity contribution in [2.45, 2.75) is 37.5 Å². The second kappa shape index (κ2) is 11.4. The number of aromatic nitrogens is 2. The predicted molar refractivity (Wildman–Crippen MR) is 150 cm³/mol. The molecule has 0 N–H and O–H groups in total. The van der Waals surface area contributed by atoms with E-state index < -0.39 is 28.0 Å². The van der Waals surface area contributed by atoms with Crippen LogP contribution in [0, 0.1) is 18.7 Å². The Morgan fingerprint density at radius 1 is 1.18 bits per heavy atom. The Morgan fingerprint density at radius 2 is 1.89 bits per heavy atom. The van der Waals surface area contributed by atoms with Gasteiger partial charge in [0.25, 0.3) is 5.56 Å². The summed E-state index contributed by atoms with van der Waals surface area (Å²) < 4.78 is 43.8. The molecule has 1 fully saturated rings. The molecule has 38 heavy (non-hydrogen) atoms. The molecule has 0 amide bonds. The number of rotatable bonds is 7. The number of benzene rings is 1. The number of nitrogens with zero attached hydrogens (tertiary/aromatic N) is 3. The summed E-state index contributed by atoms with van der Waals surface area (Å²) in [4.78, 5) is 21.7. The monoisotopic (exact) mass is 575 g/mol. The number of allylic oxidation sites excluding steroid dienone is 2. The Balaban J connectivity index is 1.76. The van der Waals surface area contributed by atoms with Crippen molar-refractivity contribution in [3.63, 3.8) is 0 Å². The highest BCUT2D eigenvalue weighted by Gasteiger charge is 2.50. The lowest BCUT2D eigenvalue weighted by atomic mass is 10.1. The van der Waals surface area contributed by atoms with Crippen molar-refractivity contribution in [3.8, 4) is 0 Å². The zero-order chi connectivity index (χ0) is 27.7. The number of aryl methyl sites for hydroxylation is 1. The van der Waals surface area contributed by atoms with Gasteiger partial charge in [-0.05, 0) is 61.6 Å². The first-order valence-corrected chi connectivity index (χ1v) is 14.1. The third kappa shape index (κ3) is 5.44. The number of hydrogen-bond donors (Lipinski definition) is 0. The van der Waals surface area contributed by atoms with Gasteiger partial charge in [0, 0.05) is 35.3 Å². The molecule has 1 aliphatic rings. The zero-order valence-corrected chi connectivity index (χ0v) is 23.4. The molecule has 1 aliphatic carbocycles. The largest absolute Gasteiger partial charge is 0.284 e. The maximum atomic E-state index is 15.7. The molecule has 3 aromatic rings. The van der Waals surface area contributed by atoms with Crippen molar-refractivity contribution in [1.29, 1.82) is 0 Å². The summed E-state index contributed by atoms with van der Waals surface area (Å²) in [7, 11) is -1.63. The Kier molecular flexibility index (Phi) is 8.45. The Bertz CT molecular complexity index is 1580. The molecule has 0 aliphatic heterocycles. The van der Waals surface area contributed by atoms with Gasteiger partial charge in [-0.25, -0.2) is 13.8 Å². The number of aliphatic imine (C=N–C) groups is 1. The molecule has 4 unspecified atom stereocenters. The standard InChI is InChI=1S/C28H25Cl2F2N3O2S/c1-5-12-33-27(17-8-6-10-21(26(17)32)38(4)37)19(31)14-35-15(2)13-18(25(30)28(35)36)23-16(3)24(23)20-9-7-11-22(29)34-20/h5-14,16,23-24H,1-4H3/b12-5+,19-14-,33-27+. The first kappa shape index (κ1) is 28.1. The quantitative estimate of drug-likeness (QED) is 0.224. The topological polar surface area (TPSA) is 64.3 Å². The zero-order valence-electron chi connectivity index (χ0n) is 21.1. The highest BCUT2D eigenvalue weighted by atomic mass is 35.5. The van der Waals surface area contributed by atoms with E-state index in [4.69, 9.17) is 23.2 Å². The summed E-state index contributed by atoms with van der Waals surface area (Å²) in [5.41, 5.74) is 0.786. The molecule has 4 atom stereocenters. The molecule has 5 nitrogen and oxygen atoms in total. The molecular weight excluding hydrogens is 551 g/mol. The molecule has 1 aromatic carbocycles. The average Bonchev–Trinajstić information content (AvgIpc) is 3.55. The van der Waals surface area contributed by atoms with E-state index in [0.29, 0.717) is 16.4 Å². The molecule has 10 heteroatoms. The summed E-state index contributed by atoms with van der Waals surface area (Å²) in [6.45, 7) is 5.38. The Labute approximate surface area is 232 Å². The number of halogens is 4. The second-order valence-corrected chi connectivity index (χ2v) is 11.1. The van der Waals surface area contributed by atoms with E-state index in [0.717, 1.165) is 16.5 Å². The molecule has 198 valence electrons. The van der Waals surface area contributed by atoms with Gasteiger partial charge in [-0.2, -0.15) is 0 Å². The van der Waals surface area contributed by atoms with E-state index in [1.54, 1.807) is 32.1 Å². The van der Waals surface area contributed by atoms with Crippen LogP contribution in [0.5, 0.6) is 0 Å². The molecule has 0 spiro atoms. The Morgan fingerprint density at radius 3 is 2.55 bits per heavy atom. The smallest absolute Gasteiger partial charge is 0.273 e. The van der Waals surface area contributed by atoms with Crippen molar-refractivity contribution in [2.24, 2.45) is 10.9 Å². The molecule has 1 saturated carbocycles. The maximum absolute atomic E-state index is 15.7. The minimum atomic E-state index is -1.63. The Hall–Kier alpha value is -2.94. The van der Waals surface area contributed by atoms with Crippen molar-refractivity contribution < 1.29 is 13.0 Å². The van der Waals surface area contributed by atoms with E-state index in [2.05, 4.69) is 9.98 Å². The first-order valence-electron chi connectivity index (χ1n) is 11.8. The van der Waals surface area contributed by atoms with Crippen LogP contribution in [-0.2, 0) is 10.8 Å². The third-order valence-electron chi connectivity index (χ3n) is 6.57. The van der Waals surface area contributed by atoms with E-state index in [1.165, 1.54) is 30.7 Å². The molecule has 0 bridgehead atoms. The van der Waals surface area contributed by atoms with Crippen LogP contribution in [0.1, 0.15) is 48.2 Å². The lowest BCUT2D eigenvalue weighted by Crippen LogP contribution is -2.21. The molecule has 2 heterocycles. The molecule has 2 aromatic heterocycles. The van der Waals surface area contributed by atoms with Gasteiger partial charge in [-0.1, -0.05) is 48.3 Å². The van der Waals surface area contributed by atoms with Gasteiger partial charge >= 0.3 is 0 Å². The van der Waals surface area contributed by atoms with Gasteiger partial charge in [0.2, 0.25) is 0 Å². The molecular formula is C28H25Cl2F2N3O2S. The maximum Gasteiger partial charge on any atom is 0.273 e. The van der Waals surface area contributed by atoms with Crippen molar-refractivity contribution >= 4 is 45.9 Å². The van der Waals surface area contributed by atoms with Gasteiger partial charge in [0.15, 0.2) is 5.83 Å². The van der Waals surface area contributed by atoms with E-state index >= 15 is 8.78 Å². The fourth-order valence-electron chi connectivity index (χ4n) is 4.65. The fourth-order valence-corrected chi connectivity index (χ4v) is 5.73. The normalized spacial score (nSPS) is 20.7. The van der Waals surface area contributed by atoms with Gasteiger partial charge in [-0.15, -0.1) is 0 Å². The highest BCUT2D eigenvalue weighted by Crippen LogP contribution is 2.60. The predicted octanol–water partition coefficient (Wildman–Crippen LogP) is 7.04. The van der Waals surface area contributed by atoms with Crippen LogP contribution in [0.25, 0.3) is 6.20 Å². The molecule has 0 radical (unpaired) electrons. The SMILES string of the molecule is C/C=C/N=C(/C(F)=C/n1c(C)cc(C2C(C)C2c2cccc(Cl)n2)c(Cl)c1=O)c1cccc(S(C)=O)c1F. The summed E-state index contributed by atoms with van der Waals surface area (Å²) in [6.07, 6.45) is 5.13. The average molecular weight is 576 g/mol. The first-order chi connectivity index (χ1) is 18.1. The fraction of sp³-hybridized carbons (Fsp3) is 0.250. The number of pyridine rings is 2. The van der Waals surface area contributed by atoms with E-state index in [9.17, 15) is 9.00 Å².